The third-order valence-electron chi connectivity index (χ3n) is 1.54. The molecule has 0 saturated carbocycles. The molecule has 3 N–H and O–H groups in total. The molecule has 0 bridgehead atoms. The Kier molecular flexibility index (Phi) is 3.77. The van der Waals surface area contributed by atoms with Crippen LogP contribution in [0.3, 0.4) is 0 Å². The molecule has 0 aliphatic rings. The third-order valence-corrected chi connectivity index (χ3v) is 1.54. The van der Waals surface area contributed by atoms with Crippen LogP contribution in [0.1, 0.15) is 12.0 Å². The molecule has 0 fully saturated rings. The van der Waals surface area contributed by atoms with Gasteiger partial charge in [0.2, 0.25) is 5.88 Å². The number of ether oxygens (including phenoxy) is 1. The van der Waals surface area contributed by atoms with Gasteiger partial charge in [-0.2, -0.15) is 0 Å². The first-order chi connectivity index (χ1) is 6.77. The highest BCUT2D eigenvalue weighted by Crippen LogP contribution is 2.17. The number of aromatic nitrogens is 1. The van der Waals surface area contributed by atoms with E-state index in [0.717, 1.165) is 5.56 Å². The van der Waals surface area contributed by atoms with Crippen LogP contribution in [0, 0.1) is 11.8 Å². The molecular weight excluding hydrogens is 180 g/mol. The lowest BCUT2D eigenvalue weighted by atomic mass is 10.2. The maximum Gasteiger partial charge on any atom is 0.236 e. The molecule has 1 heterocycles. The van der Waals surface area contributed by atoms with Gasteiger partial charge in [0.15, 0.2) is 0 Å². The van der Waals surface area contributed by atoms with Crippen molar-refractivity contribution in [3.05, 3.63) is 17.8 Å². The second kappa shape index (κ2) is 5.10. The number of aliphatic hydroxyl groups excluding tert-OH is 1. The predicted molar refractivity (Wildman–Crippen MR) is 53.8 cm³/mol. The van der Waals surface area contributed by atoms with Gasteiger partial charge >= 0.3 is 0 Å². The maximum absolute atomic E-state index is 8.52. The van der Waals surface area contributed by atoms with Gasteiger partial charge in [0.05, 0.1) is 19.4 Å². The monoisotopic (exact) mass is 192 g/mol. The fourth-order valence-electron chi connectivity index (χ4n) is 0.929. The van der Waals surface area contributed by atoms with Crippen molar-refractivity contribution in [2.75, 3.05) is 19.5 Å². The summed E-state index contributed by atoms with van der Waals surface area (Å²) in [7, 11) is 1.51. The lowest BCUT2D eigenvalue weighted by molar-refractivity contribution is 0.305. The van der Waals surface area contributed by atoms with Crippen LogP contribution in [0.5, 0.6) is 5.88 Å². The van der Waals surface area contributed by atoms with Crippen molar-refractivity contribution in [3.8, 4) is 17.7 Å². The minimum atomic E-state index is 0.0616. The Morgan fingerprint density at radius 1 is 1.64 bits per heavy atom. The highest BCUT2D eigenvalue weighted by atomic mass is 16.5. The summed E-state index contributed by atoms with van der Waals surface area (Å²) in [5.74, 6) is 6.01. The summed E-state index contributed by atoms with van der Waals surface area (Å²) >= 11 is 0. The summed E-state index contributed by atoms with van der Waals surface area (Å²) in [6.45, 7) is 0.0616. The van der Waals surface area contributed by atoms with Gasteiger partial charge in [0.25, 0.3) is 0 Å². The van der Waals surface area contributed by atoms with Crippen LogP contribution in [0.15, 0.2) is 12.3 Å². The third kappa shape index (κ3) is 2.64. The van der Waals surface area contributed by atoms with E-state index >= 15 is 0 Å². The van der Waals surface area contributed by atoms with Gasteiger partial charge in [0.1, 0.15) is 0 Å². The highest BCUT2D eigenvalue weighted by Gasteiger charge is 1.99. The Morgan fingerprint density at radius 3 is 3.00 bits per heavy atom. The summed E-state index contributed by atoms with van der Waals surface area (Å²) in [6.07, 6.45) is 2.03. The molecule has 0 saturated heterocycles. The molecule has 14 heavy (non-hydrogen) atoms. The van der Waals surface area contributed by atoms with Crippen molar-refractivity contribution >= 4 is 5.69 Å². The van der Waals surface area contributed by atoms with Gasteiger partial charge in [-0.05, 0) is 6.07 Å². The Morgan fingerprint density at radius 2 is 2.43 bits per heavy atom. The number of anilines is 1. The van der Waals surface area contributed by atoms with Crippen LogP contribution >= 0.6 is 0 Å². The number of nitrogens with zero attached hydrogens (tertiary/aromatic N) is 1. The van der Waals surface area contributed by atoms with E-state index in [2.05, 4.69) is 16.8 Å². The van der Waals surface area contributed by atoms with E-state index < -0.39 is 0 Å². The molecule has 0 aliphatic heterocycles. The molecule has 0 spiro atoms. The van der Waals surface area contributed by atoms with E-state index in [1.54, 1.807) is 12.3 Å². The molecule has 0 unspecified atom stereocenters. The Hall–Kier alpha value is -1.73. The lowest BCUT2D eigenvalue weighted by Gasteiger charge is -2.01. The number of hydrogen-bond acceptors (Lipinski definition) is 4. The number of methoxy groups -OCH3 is 1. The molecule has 0 atom stereocenters. The van der Waals surface area contributed by atoms with Crippen molar-refractivity contribution in [1.82, 2.24) is 4.98 Å². The van der Waals surface area contributed by atoms with Gasteiger partial charge in [-0.25, -0.2) is 4.98 Å². The zero-order valence-corrected chi connectivity index (χ0v) is 7.95. The summed E-state index contributed by atoms with van der Waals surface area (Å²) in [5.41, 5.74) is 6.81. The Labute approximate surface area is 82.7 Å². The lowest BCUT2D eigenvalue weighted by Crippen LogP contribution is -1.95. The molecule has 1 aromatic heterocycles. The fourth-order valence-corrected chi connectivity index (χ4v) is 0.929. The van der Waals surface area contributed by atoms with E-state index in [-0.39, 0.29) is 6.61 Å². The Balaban J connectivity index is 2.82. The summed E-state index contributed by atoms with van der Waals surface area (Å²) in [4.78, 5) is 3.96. The van der Waals surface area contributed by atoms with Crippen LogP contribution in [0.4, 0.5) is 5.69 Å². The number of aliphatic hydroxyl groups is 1. The standard InChI is InChI=1S/C10H12N2O2/c1-14-10-9(11)6-8(7-12-10)4-2-3-5-13/h6-7,13H,3,5,11H2,1H3. The molecule has 4 nitrogen and oxygen atoms in total. The van der Waals surface area contributed by atoms with E-state index in [0.29, 0.717) is 18.0 Å². The molecule has 74 valence electrons. The van der Waals surface area contributed by atoms with E-state index in [9.17, 15) is 0 Å². The molecule has 0 radical (unpaired) electrons. The van der Waals surface area contributed by atoms with Crippen LogP contribution in [0.2, 0.25) is 0 Å². The van der Waals surface area contributed by atoms with E-state index in [1.807, 2.05) is 0 Å². The smallest absolute Gasteiger partial charge is 0.236 e. The molecule has 1 rings (SSSR count). The summed E-state index contributed by atoms with van der Waals surface area (Å²) in [6, 6.07) is 1.69. The first kappa shape index (κ1) is 10.4. The molecule has 1 aromatic rings. The highest BCUT2D eigenvalue weighted by molar-refractivity contribution is 5.52. The number of rotatable bonds is 2. The van der Waals surface area contributed by atoms with Gasteiger partial charge in [-0.3, -0.25) is 0 Å². The number of pyridine rings is 1. The van der Waals surface area contributed by atoms with Gasteiger partial charge in [-0.1, -0.05) is 11.8 Å². The van der Waals surface area contributed by atoms with Crippen molar-refractivity contribution < 1.29 is 9.84 Å². The predicted octanol–water partition coefficient (Wildman–Crippen LogP) is 0.406. The van der Waals surface area contributed by atoms with Gasteiger partial charge < -0.3 is 15.6 Å². The first-order valence-electron chi connectivity index (χ1n) is 4.17. The Bertz CT molecular complexity index is 366. The molecule has 0 amide bonds. The second-order valence-electron chi connectivity index (χ2n) is 2.60. The van der Waals surface area contributed by atoms with Crippen molar-refractivity contribution in [3.63, 3.8) is 0 Å². The van der Waals surface area contributed by atoms with Crippen molar-refractivity contribution in [1.29, 1.82) is 0 Å². The number of hydrogen-bond donors (Lipinski definition) is 2. The minimum Gasteiger partial charge on any atom is -0.480 e. The zero-order valence-electron chi connectivity index (χ0n) is 7.95. The van der Waals surface area contributed by atoms with Crippen LogP contribution in [-0.2, 0) is 0 Å². The SMILES string of the molecule is COc1ncc(C#CCCO)cc1N. The van der Waals surface area contributed by atoms with E-state index in [4.69, 9.17) is 15.6 Å². The molecular formula is C10H12N2O2. The van der Waals surface area contributed by atoms with Gasteiger partial charge in [0, 0.05) is 18.2 Å². The quantitative estimate of drug-likeness (QED) is 0.666. The fraction of sp³-hybridized carbons (Fsp3) is 0.300. The molecule has 4 heteroatoms. The van der Waals surface area contributed by atoms with Crippen LogP contribution in [-0.4, -0.2) is 23.8 Å². The average molecular weight is 192 g/mol. The number of nitrogens with two attached hydrogens (primary N) is 1. The number of nitrogen functional groups attached to an aromatic ring is 1. The van der Waals surface area contributed by atoms with E-state index in [1.165, 1.54) is 7.11 Å². The molecule has 0 aromatic carbocycles. The second-order valence-corrected chi connectivity index (χ2v) is 2.60. The maximum atomic E-state index is 8.52. The minimum absolute atomic E-state index is 0.0616. The largest absolute Gasteiger partial charge is 0.480 e. The topological polar surface area (TPSA) is 68.4 Å². The van der Waals surface area contributed by atoms with Crippen LogP contribution in [0.25, 0.3) is 0 Å². The normalized spacial score (nSPS) is 9.00. The summed E-state index contributed by atoms with van der Waals surface area (Å²) < 4.78 is 4.90. The molecule has 0 aliphatic carbocycles. The van der Waals surface area contributed by atoms with Crippen LogP contribution < -0.4 is 10.5 Å². The average Bonchev–Trinajstić information content (AvgIpc) is 2.18. The van der Waals surface area contributed by atoms with Crippen molar-refractivity contribution in [2.24, 2.45) is 0 Å². The van der Waals surface area contributed by atoms with Gasteiger partial charge in [-0.15, -0.1) is 0 Å². The first-order valence-corrected chi connectivity index (χ1v) is 4.17. The summed E-state index contributed by atoms with van der Waals surface area (Å²) in [5, 5.41) is 8.52. The van der Waals surface area contributed by atoms with Crippen molar-refractivity contribution in [2.45, 2.75) is 6.42 Å². The zero-order chi connectivity index (χ0) is 10.4.